The van der Waals surface area contributed by atoms with Gasteiger partial charge in [0.15, 0.2) is 0 Å². The van der Waals surface area contributed by atoms with Gasteiger partial charge in [-0.2, -0.15) is 0 Å². The summed E-state index contributed by atoms with van der Waals surface area (Å²) in [6.45, 7) is 7.44. The van der Waals surface area contributed by atoms with Crippen LogP contribution < -0.4 is 10.2 Å². The highest BCUT2D eigenvalue weighted by Gasteiger charge is 2.32. The van der Waals surface area contributed by atoms with Crippen molar-refractivity contribution in [1.29, 1.82) is 0 Å². The summed E-state index contributed by atoms with van der Waals surface area (Å²) >= 11 is 0. The van der Waals surface area contributed by atoms with Crippen LogP contribution >= 0.6 is 0 Å². The normalized spacial score (nSPS) is 18.0. The molecule has 0 saturated carbocycles. The summed E-state index contributed by atoms with van der Waals surface area (Å²) in [7, 11) is 0. The van der Waals surface area contributed by atoms with E-state index in [0.717, 1.165) is 0 Å². The Morgan fingerprint density at radius 1 is 1.32 bits per heavy atom. The molecule has 0 aromatic heterocycles. The minimum Gasteiger partial charge on any atom is -0.478 e. The lowest BCUT2D eigenvalue weighted by molar-refractivity contribution is -0.121. The molecule has 136 valence electrons. The maximum Gasteiger partial charge on any atom is 0.408 e. The molecule has 1 saturated heterocycles. The van der Waals surface area contributed by atoms with Crippen molar-refractivity contribution in [3.8, 4) is 0 Å². The summed E-state index contributed by atoms with van der Waals surface area (Å²) in [5.74, 6) is -1.30. The first-order chi connectivity index (χ1) is 11.6. The number of hydrogen-bond acceptors (Lipinski definition) is 4. The first-order valence-corrected chi connectivity index (χ1v) is 8.23. The molecule has 7 heteroatoms. The van der Waals surface area contributed by atoms with Crippen molar-refractivity contribution in [3.05, 3.63) is 29.3 Å². The number of anilines is 1. The lowest BCUT2D eigenvalue weighted by Crippen LogP contribution is -2.53. The van der Waals surface area contributed by atoms with Gasteiger partial charge in [0.25, 0.3) is 0 Å². The molecule has 1 fully saturated rings. The Labute approximate surface area is 147 Å². The van der Waals surface area contributed by atoms with Crippen molar-refractivity contribution in [2.75, 3.05) is 11.4 Å². The van der Waals surface area contributed by atoms with E-state index in [2.05, 4.69) is 5.32 Å². The molecular formula is C18H24N2O5. The lowest BCUT2D eigenvalue weighted by Gasteiger charge is -2.33. The summed E-state index contributed by atoms with van der Waals surface area (Å²) < 4.78 is 5.20. The van der Waals surface area contributed by atoms with E-state index < -0.39 is 23.7 Å². The van der Waals surface area contributed by atoms with E-state index in [9.17, 15) is 19.5 Å². The number of rotatable bonds is 3. The number of aryl methyl sites for hydroxylation is 1. The minimum atomic E-state index is -1.03. The number of amides is 2. The molecule has 25 heavy (non-hydrogen) atoms. The zero-order valence-electron chi connectivity index (χ0n) is 15.0. The summed E-state index contributed by atoms with van der Waals surface area (Å²) in [5.41, 5.74) is 0.662. The van der Waals surface area contributed by atoms with Crippen LogP contribution in [0.3, 0.4) is 0 Å². The Morgan fingerprint density at radius 3 is 2.60 bits per heavy atom. The summed E-state index contributed by atoms with van der Waals surface area (Å²) in [6.07, 6.45) is 0.581. The van der Waals surface area contributed by atoms with E-state index in [1.807, 2.05) is 0 Å². The standard InChI is InChI=1S/C18H24N2O5/c1-11-7-8-12(10-13(11)16(22)23)20-9-5-6-14(15(20)21)19-17(24)25-18(2,3)4/h7-8,10,14H,5-6,9H2,1-4H3,(H,19,24)(H,22,23). The smallest absolute Gasteiger partial charge is 0.408 e. The van der Waals surface area contributed by atoms with Gasteiger partial charge in [-0.1, -0.05) is 6.07 Å². The van der Waals surface area contributed by atoms with Crippen LogP contribution in [-0.2, 0) is 9.53 Å². The van der Waals surface area contributed by atoms with Crippen LogP contribution in [0.15, 0.2) is 18.2 Å². The molecule has 1 aliphatic rings. The third-order valence-corrected chi connectivity index (χ3v) is 3.89. The molecule has 0 spiro atoms. The number of alkyl carbamates (subject to hydrolysis) is 1. The van der Waals surface area contributed by atoms with Gasteiger partial charge < -0.3 is 20.1 Å². The van der Waals surface area contributed by atoms with Crippen LogP contribution in [0, 0.1) is 6.92 Å². The molecule has 1 unspecified atom stereocenters. The molecule has 7 nitrogen and oxygen atoms in total. The van der Waals surface area contributed by atoms with E-state index in [1.54, 1.807) is 39.8 Å². The molecule has 0 radical (unpaired) electrons. The van der Waals surface area contributed by atoms with Gasteiger partial charge in [0.2, 0.25) is 5.91 Å². The highest BCUT2D eigenvalue weighted by atomic mass is 16.6. The van der Waals surface area contributed by atoms with Gasteiger partial charge >= 0.3 is 12.1 Å². The second-order valence-electron chi connectivity index (χ2n) is 7.14. The van der Waals surface area contributed by atoms with Crippen molar-refractivity contribution in [1.82, 2.24) is 5.32 Å². The van der Waals surface area contributed by atoms with Gasteiger partial charge in [-0.15, -0.1) is 0 Å². The van der Waals surface area contributed by atoms with Crippen molar-refractivity contribution < 1.29 is 24.2 Å². The van der Waals surface area contributed by atoms with Crippen LogP contribution in [0.1, 0.15) is 49.5 Å². The van der Waals surface area contributed by atoms with E-state index in [0.29, 0.717) is 30.6 Å². The number of carbonyl (C=O) groups excluding carboxylic acids is 2. The van der Waals surface area contributed by atoms with E-state index in [4.69, 9.17) is 4.74 Å². The van der Waals surface area contributed by atoms with Gasteiger partial charge in [-0.05, 0) is 58.2 Å². The zero-order valence-corrected chi connectivity index (χ0v) is 15.0. The summed E-state index contributed by atoms with van der Waals surface area (Å²) in [5, 5.41) is 11.9. The van der Waals surface area contributed by atoms with Gasteiger partial charge in [-0.3, -0.25) is 4.79 Å². The average Bonchev–Trinajstić information content (AvgIpc) is 2.48. The fourth-order valence-electron chi connectivity index (χ4n) is 2.72. The maximum atomic E-state index is 12.7. The van der Waals surface area contributed by atoms with Crippen molar-refractivity contribution in [2.24, 2.45) is 0 Å². The van der Waals surface area contributed by atoms with Gasteiger partial charge in [-0.25, -0.2) is 9.59 Å². The highest BCUT2D eigenvalue weighted by molar-refractivity contribution is 6.00. The topological polar surface area (TPSA) is 95.9 Å². The largest absolute Gasteiger partial charge is 0.478 e. The van der Waals surface area contributed by atoms with Gasteiger partial charge in [0.05, 0.1) is 5.56 Å². The van der Waals surface area contributed by atoms with Gasteiger partial charge in [0.1, 0.15) is 11.6 Å². The number of benzene rings is 1. The molecule has 1 aromatic carbocycles. The molecule has 0 bridgehead atoms. The highest BCUT2D eigenvalue weighted by Crippen LogP contribution is 2.24. The molecule has 1 heterocycles. The molecule has 1 atom stereocenters. The monoisotopic (exact) mass is 348 g/mol. The second-order valence-corrected chi connectivity index (χ2v) is 7.14. The van der Waals surface area contributed by atoms with Crippen LogP contribution in [0.5, 0.6) is 0 Å². The maximum absolute atomic E-state index is 12.7. The molecule has 1 aromatic rings. The fraction of sp³-hybridized carbons (Fsp3) is 0.500. The number of hydrogen-bond donors (Lipinski definition) is 2. The first kappa shape index (κ1) is 18.8. The number of carboxylic acid groups (broad SMARTS) is 1. The fourth-order valence-corrected chi connectivity index (χ4v) is 2.72. The Hall–Kier alpha value is -2.57. The predicted octanol–water partition coefficient (Wildman–Crippen LogP) is 2.71. The number of carboxylic acids is 1. The van der Waals surface area contributed by atoms with Crippen molar-refractivity contribution in [2.45, 2.75) is 52.2 Å². The molecule has 1 aliphatic heterocycles. The number of aromatic carboxylic acids is 1. The predicted molar refractivity (Wildman–Crippen MR) is 92.9 cm³/mol. The Balaban J connectivity index is 2.16. The number of carbonyl (C=O) groups is 3. The molecule has 0 aliphatic carbocycles. The Kier molecular flexibility index (Phi) is 5.35. The SMILES string of the molecule is Cc1ccc(N2CCCC(NC(=O)OC(C)(C)C)C2=O)cc1C(=O)O. The number of piperidine rings is 1. The number of nitrogens with one attached hydrogen (secondary N) is 1. The number of nitrogens with zero attached hydrogens (tertiary/aromatic N) is 1. The average molecular weight is 348 g/mol. The third kappa shape index (κ3) is 4.71. The van der Waals surface area contributed by atoms with E-state index in [-0.39, 0.29) is 11.5 Å². The zero-order chi connectivity index (χ0) is 18.8. The van der Waals surface area contributed by atoms with Crippen LogP contribution in [-0.4, -0.2) is 41.3 Å². The van der Waals surface area contributed by atoms with Gasteiger partial charge in [0, 0.05) is 12.2 Å². The Bertz CT molecular complexity index is 693. The van der Waals surface area contributed by atoms with E-state index >= 15 is 0 Å². The van der Waals surface area contributed by atoms with Crippen LogP contribution in [0.4, 0.5) is 10.5 Å². The second kappa shape index (κ2) is 7.13. The van der Waals surface area contributed by atoms with Crippen LogP contribution in [0.2, 0.25) is 0 Å². The molecule has 2 rings (SSSR count). The summed E-state index contributed by atoms with van der Waals surface area (Å²) in [4.78, 5) is 37.4. The Morgan fingerprint density at radius 2 is 2.00 bits per heavy atom. The quantitative estimate of drug-likeness (QED) is 0.875. The third-order valence-electron chi connectivity index (χ3n) is 3.89. The van der Waals surface area contributed by atoms with Crippen molar-refractivity contribution in [3.63, 3.8) is 0 Å². The minimum absolute atomic E-state index is 0.160. The molecule has 2 N–H and O–H groups in total. The lowest BCUT2D eigenvalue weighted by atomic mass is 10.0. The molecule has 2 amide bonds. The molecular weight excluding hydrogens is 324 g/mol. The first-order valence-electron chi connectivity index (χ1n) is 8.23. The van der Waals surface area contributed by atoms with Crippen molar-refractivity contribution >= 4 is 23.7 Å². The number of ether oxygens (including phenoxy) is 1. The summed E-state index contributed by atoms with van der Waals surface area (Å²) in [6, 6.07) is 4.20. The van der Waals surface area contributed by atoms with E-state index in [1.165, 1.54) is 11.0 Å². The van der Waals surface area contributed by atoms with Crippen LogP contribution in [0.25, 0.3) is 0 Å².